The Hall–Kier alpha value is -2.92. The summed E-state index contributed by atoms with van der Waals surface area (Å²) in [6.07, 6.45) is 1.53. The van der Waals surface area contributed by atoms with Gasteiger partial charge in [0, 0.05) is 28.3 Å². The Kier molecular flexibility index (Phi) is 4.95. The Labute approximate surface area is 149 Å². The van der Waals surface area contributed by atoms with Crippen LogP contribution in [0.25, 0.3) is 0 Å². The number of benzene rings is 2. The van der Waals surface area contributed by atoms with Crippen LogP contribution in [0.4, 0.5) is 21.5 Å². The van der Waals surface area contributed by atoms with Gasteiger partial charge in [0.1, 0.15) is 11.5 Å². The van der Waals surface area contributed by atoms with Crippen molar-refractivity contribution in [3.8, 4) is 0 Å². The molecule has 0 spiro atoms. The van der Waals surface area contributed by atoms with E-state index in [2.05, 4.69) is 15.6 Å². The molecule has 1 aromatic heterocycles. The topological polar surface area (TPSA) is 54.0 Å². The summed E-state index contributed by atoms with van der Waals surface area (Å²) in [7, 11) is 0. The van der Waals surface area contributed by atoms with Crippen LogP contribution in [0.2, 0.25) is 5.02 Å². The van der Waals surface area contributed by atoms with Gasteiger partial charge in [-0.05, 0) is 55.0 Å². The van der Waals surface area contributed by atoms with Crippen molar-refractivity contribution in [3.05, 3.63) is 82.9 Å². The zero-order chi connectivity index (χ0) is 17.8. The molecule has 0 saturated heterocycles. The summed E-state index contributed by atoms with van der Waals surface area (Å²) >= 11 is 6.12. The maximum atomic E-state index is 13.2. The molecule has 2 N–H and O–H groups in total. The summed E-state index contributed by atoms with van der Waals surface area (Å²) in [4.78, 5) is 16.3. The third kappa shape index (κ3) is 4.33. The molecule has 25 heavy (non-hydrogen) atoms. The fourth-order valence-electron chi connectivity index (χ4n) is 2.23. The number of carbonyl (C=O) groups excluding carboxylic acids is 1. The first-order chi connectivity index (χ1) is 12.0. The lowest BCUT2D eigenvalue weighted by Crippen LogP contribution is -2.13. The monoisotopic (exact) mass is 355 g/mol. The van der Waals surface area contributed by atoms with Crippen LogP contribution in [0.1, 0.15) is 16.1 Å². The molecular formula is C19H15ClFN3O. The Balaban J connectivity index is 1.76. The number of pyridine rings is 1. The smallest absolute Gasteiger partial charge is 0.274 e. The molecule has 2 aromatic carbocycles. The SMILES string of the molecule is Cc1ccc(Nc2ccnc(C(=O)Nc3cccc(F)c3)c2)cc1Cl. The van der Waals surface area contributed by atoms with Crippen LogP contribution in [0.3, 0.4) is 0 Å². The van der Waals surface area contributed by atoms with Gasteiger partial charge in [-0.1, -0.05) is 23.7 Å². The van der Waals surface area contributed by atoms with E-state index in [1.54, 1.807) is 18.2 Å². The average molecular weight is 356 g/mol. The van der Waals surface area contributed by atoms with Crippen molar-refractivity contribution in [2.24, 2.45) is 0 Å². The standard InChI is InChI=1S/C19H15ClFN3O/c1-12-5-6-15(10-17(12)20)23-16-7-8-22-18(11-16)19(25)24-14-4-2-3-13(21)9-14/h2-11H,1H3,(H,22,23)(H,24,25). The van der Waals surface area contributed by atoms with Crippen LogP contribution in [-0.2, 0) is 0 Å². The summed E-state index contributed by atoms with van der Waals surface area (Å²) in [6.45, 7) is 1.92. The zero-order valence-corrected chi connectivity index (χ0v) is 14.1. The van der Waals surface area contributed by atoms with Gasteiger partial charge in [-0.2, -0.15) is 0 Å². The average Bonchev–Trinajstić information content (AvgIpc) is 2.58. The van der Waals surface area contributed by atoms with Crippen LogP contribution in [0, 0.1) is 12.7 Å². The minimum atomic E-state index is -0.420. The Bertz CT molecular complexity index is 930. The molecule has 0 atom stereocenters. The maximum Gasteiger partial charge on any atom is 0.274 e. The molecule has 1 heterocycles. The molecule has 3 aromatic rings. The molecule has 0 saturated carbocycles. The van der Waals surface area contributed by atoms with Gasteiger partial charge in [-0.3, -0.25) is 9.78 Å². The minimum absolute atomic E-state index is 0.215. The summed E-state index contributed by atoms with van der Waals surface area (Å²) in [5, 5.41) is 6.45. The number of aromatic nitrogens is 1. The van der Waals surface area contributed by atoms with Gasteiger partial charge in [-0.15, -0.1) is 0 Å². The third-order valence-electron chi connectivity index (χ3n) is 3.54. The molecule has 0 fully saturated rings. The van der Waals surface area contributed by atoms with E-state index >= 15 is 0 Å². The predicted octanol–water partition coefficient (Wildman–Crippen LogP) is 5.18. The van der Waals surface area contributed by atoms with Crippen molar-refractivity contribution in [1.82, 2.24) is 4.98 Å². The number of rotatable bonds is 4. The van der Waals surface area contributed by atoms with Gasteiger partial charge in [0.25, 0.3) is 5.91 Å². The lowest BCUT2D eigenvalue weighted by molar-refractivity contribution is 0.102. The Morgan fingerprint density at radius 1 is 1.04 bits per heavy atom. The van der Waals surface area contributed by atoms with Crippen molar-refractivity contribution < 1.29 is 9.18 Å². The number of hydrogen-bond donors (Lipinski definition) is 2. The van der Waals surface area contributed by atoms with E-state index in [1.165, 1.54) is 24.4 Å². The fraction of sp³-hybridized carbons (Fsp3) is 0.0526. The van der Waals surface area contributed by atoms with Gasteiger partial charge in [0.15, 0.2) is 0 Å². The molecule has 0 aliphatic heterocycles. The van der Waals surface area contributed by atoms with Crippen LogP contribution >= 0.6 is 11.6 Å². The number of aryl methyl sites for hydroxylation is 1. The molecule has 0 radical (unpaired) electrons. The number of nitrogens with one attached hydrogen (secondary N) is 2. The van der Waals surface area contributed by atoms with E-state index in [0.717, 1.165) is 11.3 Å². The van der Waals surface area contributed by atoms with Gasteiger partial charge < -0.3 is 10.6 Å². The lowest BCUT2D eigenvalue weighted by Gasteiger charge is -2.10. The largest absolute Gasteiger partial charge is 0.355 e. The highest BCUT2D eigenvalue weighted by atomic mass is 35.5. The number of hydrogen-bond acceptors (Lipinski definition) is 3. The van der Waals surface area contributed by atoms with Crippen molar-refractivity contribution in [1.29, 1.82) is 0 Å². The second-order valence-electron chi connectivity index (χ2n) is 5.48. The molecule has 4 nitrogen and oxygen atoms in total. The van der Waals surface area contributed by atoms with Gasteiger partial charge in [0.05, 0.1) is 0 Å². The molecule has 3 rings (SSSR count). The second kappa shape index (κ2) is 7.32. The van der Waals surface area contributed by atoms with Crippen molar-refractivity contribution >= 4 is 34.6 Å². The van der Waals surface area contributed by atoms with Crippen LogP contribution in [0.15, 0.2) is 60.8 Å². The van der Waals surface area contributed by atoms with E-state index in [-0.39, 0.29) is 5.69 Å². The summed E-state index contributed by atoms with van der Waals surface area (Å²) in [5.41, 5.74) is 3.07. The highest BCUT2D eigenvalue weighted by Gasteiger charge is 2.09. The Morgan fingerprint density at radius 2 is 1.84 bits per heavy atom. The molecule has 126 valence electrons. The predicted molar refractivity (Wildman–Crippen MR) is 98.1 cm³/mol. The molecule has 6 heteroatoms. The molecule has 0 aliphatic carbocycles. The number of nitrogens with zero attached hydrogens (tertiary/aromatic N) is 1. The van der Waals surface area contributed by atoms with Gasteiger partial charge in [0.2, 0.25) is 0 Å². The van der Waals surface area contributed by atoms with E-state index in [9.17, 15) is 9.18 Å². The summed E-state index contributed by atoms with van der Waals surface area (Å²) < 4.78 is 13.2. The highest BCUT2D eigenvalue weighted by Crippen LogP contribution is 2.23. The number of carbonyl (C=O) groups is 1. The van der Waals surface area contributed by atoms with Gasteiger partial charge >= 0.3 is 0 Å². The minimum Gasteiger partial charge on any atom is -0.355 e. The third-order valence-corrected chi connectivity index (χ3v) is 3.94. The second-order valence-corrected chi connectivity index (χ2v) is 5.89. The van der Waals surface area contributed by atoms with Crippen LogP contribution in [0.5, 0.6) is 0 Å². The van der Waals surface area contributed by atoms with E-state index in [0.29, 0.717) is 16.4 Å². The number of anilines is 3. The molecular weight excluding hydrogens is 341 g/mol. The molecule has 0 unspecified atom stereocenters. The summed E-state index contributed by atoms with van der Waals surface area (Å²) in [6, 6.07) is 14.7. The lowest BCUT2D eigenvalue weighted by atomic mass is 10.2. The first kappa shape index (κ1) is 16.9. The highest BCUT2D eigenvalue weighted by molar-refractivity contribution is 6.31. The first-order valence-corrected chi connectivity index (χ1v) is 7.95. The van der Waals surface area contributed by atoms with E-state index in [4.69, 9.17) is 11.6 Å². The number of amides is 1. The fourth-order valence-corrected chi connectivity index (χ4v) is 2.41. The maximum absolute atomic E-state index is 13.2. The van der Waals surface area contributed by atoms with Gasteiger partial charge in [-0.25, -0.2) is 4.39 Å². The Morgan fingerprint density at radius 3 is 2.60 bits per heavy atom. The molecule has 1 amide bonds. The van der Waals surface area contributed by atoms with Crippen LogP contribution in [-0.4, -0.2) is 10.9 Å². The first-order valence-electron chi connectivity index (χ1n) is 7.57. The number of halogens is 2. The zero-order valence-electron chi connectivity index (χ0n) is 13.4. The van der Waals surface area contributed by atoms with Crippen molar-refractivity contribution in [2.45, 2.75) is 6.92 Å². The quantitative estimate of drug-likeness (QED) is 0.678. The van der Waals surface area contributed by atoms with E-state index < -0.39 is 11.7 Å². The molecule has 0 aliphatic rings. The van der Waals surface area contributed by atoms with Crippen molar-refractivity contribution in [3.63, 3.8) is 0 Å². The molecule has 0 bridgehead atoms. The van der Waals surface area contributed by atoms with Crippen molar-refractivity contribution in [2.75, 3.05) is 10.6 Å². The van der Waals surface area contributed by atoms with Crippen LogP contribution < -0.4 is 10.6 Å². The van der Waals surface area contributed by atoms with E-state index in [1.807, 2.05) is 25.1 Å². The normalized spacial score (nSPS) is 10.4. The summed E-state index contributed by atoms with van der Waals surface area (Å²) in [5.74, 6) is -0.839.